The molecule has 0 aromatic heterocycles. The van der Waals surface area contributed by atoms with E-state index in [1.807, 2.05) is 30.3 Å². The van der Waals surface area contributed by atoms with Crippen LogP contribution in [0.25, 0.3) is 0 Å². The maximum Gasteiger partial charge on any atom is 0.253 e. The van der Waals surface area contributed by atoms with Crippen molar-refractivity contribution in [3.63, 3.8) is 0 Å². The molecule has 2 aromatic rings. The van der Waals surface area contributed by atoms with Gasteiger partial charge in [-0.3, -0.25) is 14.4 Å². The number of para-hydroxylation sites is 1. The Labute approximate surface area is 176 Å². The van der Waals surface area contributed by atoms with Gasteiger partial charge in [-0.1, -0.05) is 55.3 Å². The minimum absolute atomic E-state index is 0.0220. The summed E-state index contributed by atoms with van der Waals surface area (Å²) in [7, 11) is 0. The third-order valence-corrected chi connectivity index (χ3v) is 5.92. The Balaban J connectivity index is 1.39. The summed E-state index contributed by atoms with van der Waals surface area (Å²) >= 11 is 0. The first-order valence-electron chi connectivity index (χ1n) is 10.6. The fourth-order valence-corrected chi connectivity index (χ4v) is 4.26. The number of hydrogen-bond donors (Lipinski definition) is 2. The number of amides is 3. The predicted octanol–water partition coefficient (Wildman–Crippen LogP) is 3.35. The van der Waals surface area contributed by atoms with Crippen molar-refractivity contribution in [3.05, 3.63) is 65.7 Å². The lowest BCUT2D eigenvalue weighted by Crippen LogP contribution is -2.33. The molecule has 2 N–H and O–H groups in total. The summed E-state index contributed by atoms with van der Waals surface area (Å²) in [5, 5.41) is 5.95. The first-order chi connectivity index (χ1) is 14.6. The largest absolute Gasteiger partial charge is 0.349 e. The van der Waals surface area contributed by atoms with Crippen molar-refractivity contribution in [1.29, 1.82) is 0 Å². The van der Waals surface area contributed by atoms with Crippen LogP contribution in [0.2, 0.25) is 0 Å². The van der Waals surface area contributed by atoms with Gasteiger partial charge >= 0.3 is 0 Å². The molecule has 2 aliphatic rings. The first-order valence-corrected chi connectivity index (χ1v) is 10.6. The molecule has 0 radical (unpaired) electrons. The van der Waals surface area contributed by atoms with Crippen molar-refractivity contribution in [2.24, 2.45) is 5.92 Å². The molecule has 0 unspecified atom stereocenters. The molecule has 6 heteroatoms. The molecule has 4 rings (SSSR count). The lowest BCUT2D eigenvalue weighted by molar-refractivity contribution is -0.128. The quantitative estimate of drug-likeness (QED) is 0.774. The van der Waals surface area contributed by atoms with Crippen LogP contribution in [0.15, 0.2) is 54.6 Å². The van der Waals surface area contributed by atoms with Crippen LogP contribution in [0, 0.1) is 5.92 Å². The molecular formula is C24H27N3O3. The third kappa shape index (κ3) is 4.70. The van der Waals surface area contributed by atoms with Gasteiger partial charge in [0.2, 0.25) is 11.8 Å². The Morgan fingerprint density at radius 3 is 2.43 bits per heavy atom. The number of nitrogens with one attached hydrogen (secondary N) is 2. The summed E-state index contributed by atoms with van der Waals surface area (Å²) in [5.74, 6) is -0.829. The predicted molar refractivity (Wildman–Crippen MR) is 115 cm³/mol. The van der Waals surface area contributed by atoms with Gasteiger partial charge in [-0.05, 0) is 30.5 Å². The van der Waals surface area contributed by atoms with E-state index in [2.05, 4.69) is 10.6 Å². The molecule has 2 aromatic carbocycles. The maximum absolute atomic E-state index is 12.9. The Bertz CT molecular complexity index is 922. The normalized spacial score (nSPS) is 19.1. The highest BCUT2D eigenvalue weighted by Gasteiger charge is 2.34. The lowest BCUT2D eigenvalue weighted by Gasteiger charge is -2.18. The van der Waals surface area contributed by atoms with Crippen LogP contribution in [0.4, 0.5) is 5.69 Å². The zero-order valence-electron chi connectivity index (χ0n) is 17.0. The topological polar surface area (TPSA) is 78.5 Å². The smallest absolute Gasteiger partial charge is 0.253 e. The van der Waals surface area contributed by atoms with Crippen LogP contribution in [0.1, 0.15) is 48.0 Å². The lowest BCUT2D eigenvalue weighted by atomic mass is 10.1. The highest BCUT2D eigenvalue weighted by molar-refractivity contribution is 6.05. The van der Waals surface area contributed by atoms with Crippen molar-refractivity contribution >= 4 is 23.4 Å². The molecule has 0 spiro atoms. The number of likely N-dealkylation sites (tertiary alicyclic amines) is 1. The fourth-order valence-electron chi connectivity index (χ4n) is 4.26. The zero-order valence-corrected chi connectivity index (χ0v) is 17.0. The molecule has 6 nitrogen and oxygen atoms in total. The third-order valence-electron chi connectivity index (χ3n) is 5.92. The average molecular weight is 405 g/mol. The van der Waals surface area contributed by atoms with Crippen LogP contribution in [0.3, 0.4) is 0 Å². The number of nitrogens with zero attached hydrogens (tertiary/aromatic N) is 1. The Kier molecular flexibility index (Phi) is 6.12. The van der Waals surface area contributed by atoms with Gasteiger partial charge in [0.15, 0.2) is 0 Å². The molecule has 1 aliphatic carbocycles. The highest BCUT2D eigenvalue weighted by atomic mass is 16.2. The summed E-state index contributed by atoms with van der Waals surface area (Å²) in [5.41, 5.74) is 2.00. The van der Waals surface area contributed by atoms with Gasteiger partial charge in [0, 0.05) is 25.6 Å². The zero-order chi connectivity index (χ0) is 20.9. The van der Waals surface area contributed by atoms with Gasteiger partial charge in [-0.15, -0.1) is 0 Å². The molecule has 1 aliphatic heterocycles. The molecule has 1 atom stereocenters. The average Bonchev–Trinajstić information content (AvgIpc) is 3.39. The van der Waals surface area contributed by atoms with Crippen LogP contribution in [0.5, 0.6) is 0 Å². The standard InChI is InChI=1S/C24H27N3O3/c28-22-14-18(16-27(22)15-17-8-2-1-3-9-17)23(29)26-21-13-7-6-12-20(21)24(30)25-19-10-4-5-11-19/h1-3,6-9,12-13,18-19H,4-5,10-11,14-16H2,(H,25,30)(H,26,29)/t18-/m1/s1. The van der Waals surface area contributed by atoms with E-state index in [9.17, 15) is 14.4 Å². The molecule has 1 saturated carbocycles. The second kappa shape index (κ2) is 9.11. The summed E-state index contributed by atoms with van der Waals surface area (Å²) < 4.78 is 0. The van der Waals surface area contributed by atoms with Crippen molar-refractivity contribution < 1.29 is 14.4 Å². The van der Waals surface area contributed by atoms with Gasteiger partial charge in [-0.2, -0.15) is 0 Å². The molecule has 1 saturated heterocycles. The first kappa shape index (κ1) is 20.1. The van der Waals surface area contributed by atoms with Crippen molar-refractivity contribution in [1.82, 2.24) is 10.2 Å². The van der Waals surface area contributed by atoms with Crippen molar-refractivity contribution in [3.8, 4) is 0 Å². The van der Waals surface area contributed by atoms with E-state index in [1.54, 1.807) is 29.2 Å². The molecular weight excluding hydrogens is 378 g/mol. The summed E-state index contributed by atoms with van der Waals surface area (Å²) in [6.07, 6.45) is 4.47. The van der Waals surface area contributed by atoms with E-state index in [0.29, 0.717) is 24.3 Å². The van der Waals surface area contributed by atoms with Gasteiger partial charge in [0.05, 0.1) is 17.2 Å². The van der Waals surface area contributed by atoms with E-state index in [0.717, 1.165) is 31.2 Å². The Hall–Kier alpha value is -3.15. The van der Waals surface area contributed by atoms with Gasteiger partial charge in [0.1, 0.15) is 0 Å². The summed E-state index contributed by atoms with van der Waals surface area (Å²) in [6, 6.07) is 17.0. The number of benzene rings is 2. The maximum atomic E-state index is 12.9. The number of carbonyl (C=O) groups excluding carboxylic acids is 3. The number of hydrogen-bond acceptors (Lipinski definition) is 3. The van der Waals surface area contributed by atoms with Gasteiger partial charge in [-0.25, -0.2) is 0 Å². The van der Waals surface area contributed by atoms with Crippen LogP contribution >= 0.6 is 0 Å². The fraction of sp³-hybridized carbons (Fsp3) is 0.375. The number of rotatable bonds is 6. The van der Waals surface area contributed by atoms with E-state index < -0.39 is 5.92 Å². The van der Waals surface area contributed by atoms with E-state index in [4.69, 9.17) is 0 Å². The van der Waals surface area contributed by atoms with E-state index in [-0.39, 0.29) is 30.2 Å². The molecule has 30 heavy (non-hydrogen) atoms. The molecule has 1 heterocycles. The van der Waals surface area contributed by atoms with E-state index >= 15 is 0 Å². The Morgan fingerprint density at radius 2 is 1.67 bits per heavy atom. The molecule has 156 valence electrons. The Morgan fingerprint density at radius 1 is 0.967 bits per heavy atom. The minimum atomic E-state index is -0.424. The molecule has 0 bridgehead atoms. The number of carbonyl (C=O) groups is 3. The highest BCUT2D eigenvalue weighted by Crippen LogP contribution is 2.24. The molecule has 2 fully saturated rings. The molecule has 3 amide bonds. The monoisotopic (exact) mass is 405 g/mol. The van der Waals surface area contributed by atoms with Crippen LogP contribution < -0.4 is 10.6 Å². The second-order valence-corrected chi connectivity index (χ2v) is 8.15. The summed E-state index contributed by atoms with van der Waals surface area (Å²) in [6.45, 7) is 0.889. The minimum Gasteiger partial charge on any atom is -0.349 e. The SMILES string of the molecule is O=C(NC1CCCC1)c1ccccc1NC(=O)[C@@H]1CC(=O)N(Cc2ccccc2)C1. The van der Waals surface area contributed by atoms with Crippen LogP contribution in [-0.2, 0) is 16.1 Å². The van der Waals surface area contributed by atoms with Gasteiger partial charge in [0.25, 0.3) is 5.91 Å². The van der Waals surface area contributed by atoms with E-state index in [1.165, 1.54) is 0 Å². The number of anilines is 1. The van der Waals surface area contributed by atoms with Crippen molar-refractivity contribution in [2.75, 3.05) is 11.9 Å². The summed E-state index contributed by atoms with van der Waals surface area (Å²) in [4.78, 5) is 39.7. The van der Waals surface area contributed by atoms with Crippen LogP contribution in [-0.4, -0.2) is 35.2 Å². The van der Waals surface area contributed by atoms with Gasteiger partial charge < -0.3 is 15.5 Å². The van der Waals surface area contributed by atoms with Crippen molar-refractivity contribution in [2.45, 2.75) is 44.7 Å². The second-order valence-electron chi connectivity index (χ2n) is 8.15.